The van der Waals surface area contributed by atoms with Gasteiger partial charge in [-0.3, -0.25) is 4.40 Å². The Bertz CT molecular complexity index is 1090. The lowest BCUT2D eigenvalue weighted by atomic mass is 10.2. The lowest BCUT2D eigenvalue weighted by Gasteiger charge is -2.03. The number of aromatic carboxylic acids is 1. The second-order valence-corrected chi connectivity index (χ2v) is 6.24. The number of carboxylic acid groups (broad SMARTS) is 1. The van der Waals surface area contributed by atoms with Crippen molar-refractivity contribution >= 4 is 33.9 Å². The van der Waals surface area contributed by atoms with Gasteiger partial charge in [-0.05, 0) is 31.2 Å². The van der Waals surface area contributed by atoms with E-state index in [1.165, 1.54) is 11.3 Å². The highest BCUT2D eigenvalue weighted by Gasteiger charge is 2.14. The molecular formula is C17H13N5O2S. The fraction of sp³-hybridized carbons (Fsp3) is 0.0588. The van der Waals surface area contributed by atoms with Crippen molar-refractivity contribution < 1.29 is 9.90 Å². The predicted octanol–water partition coefficient (Wildman–Crippen LogP) is 3.60. The predicted molar refractivity (Wildman–Crippen MR) is 95.5 cm³/mol. The van der Waals surface area contributed by atoms with E-state index >= 15 is 0 Å². The van der Waals surface area contributed by atoms with Gasteiger partial charge in [-0.2, -0.15) is 0 Å². The SMILES string of the molecule is Cc1nc2ncccn2c1-c1csc(Nc2cccc(C(=O)O)c2)n1. The van der Waals surface area contributed by atoms with E-state index in [0.29, 0.717) is 16.6 Å². The Hall–Kier alpha value is -3.26. The average molecular weight is 351 g/mol. The first-order chi connectivity index (χ1) is 12.1. The van der Waals surface area contributed by atoms with Crippen LogP contribution in [-0.2, 0) is 0 Å². The molecule has 0 fully saturated rings. The van der Waals surface area contributed by atoms with Gasteiger partial charge in [0.15, 0.2) is 5.13 Å². The molecule has 0 aliphatic heterocycles. The van der Waals surface area contributed by atoms with Gasteiger partial charge in [0.05, 0.1) is 17.0 Å². The Labute approximate surface area is 146 Å². The number of aromatic nitrogens is 4. The summed E-state index contributed by atoms with van der Waals surface area (Å²) in [6, 6.07) is 8.47. The van der Waals surface area contributed by atoms with Crippen LogP contribution in [-0.4, -0.2) is 30.4 Å². The van der Waals surface area contributed by atoms with Crippen LogP contribution in [0, 0.1) is 6.92 Å². The average Bonchev–Trinajstić information content (AvgIpc) is 3.18. The molecular weight excluding hydrogens is 338 g/mol. The first-order valence-electron chi connectivity index (χ1n) is 7.48. The van der Waals surface area contributed by atoms with E-state index in [-0.39, 0.29) is 5.56 Å². The number of anilines is 2. The standard InChI is InChI=1S/C17H13N5O2S/c1-10-14(22-7-3-6-18-16(22)19-10)13-9-25-17(21-13)20-12-5-2-4-11(8-12)15(23)24/h2-9H,1H3,(H,20,21)(H,23,24). The largest absolute Gasteiger partial charge is 0.478 e. The molecule has 0 saturated carbocycles. The minimum atomic E-state index is -0.961. The third-order valence-electron chi connectivity index (χ3n) is 3.69. The number of imidazole rings is 1. The van der Waals surface area contributed by atoms with Crippen molar-refractivity contribution in [3.8, 4) is 11.4 Å². The number of carbonyl (C=O) groups is 1. The molecule has 0 unspecified atom stereocenters. The van der Waals surface area contributed by atoms with E-state index < -0.39 is 5.97 Å². The molecule has 25 heavy (non-hydrogen) atoms. The van der Waals surface area contributed by atoms with Crippen LogP contribution in [0.3, 0.4) is 0 Å². The van der Waals surface area contributed by atoms with Crippen LogP contribution in [0.25, 0.3) is 17.2 Å². The molecule has 0 saturated heterocycles. The molecule has 3 aromatic heterocycles. The summed E-state index contributed by atoms with van der Waals surface area (Å²) in [7, 11) is 0. The van der Waals surface area contributed by atoms with Gasteiger partial charge in [-0.25, -0.2) is 19.7 Å². The number of benzene rings is 1. The summed E-state index contributed by atoms with van der Waals surface area (Å²) in [6.07, 6.45) is 3.61. The Kier molecular flexibility index (Phi) is 3.66. The van der Waals surface area contributed by atoms with Crippen molar-refractivity contribution in [1.82, 2.24) is 19.4 Å². The van der Waals surface area contributed by atoms with Crippen LogP contribution in [0.4, 0.5) is 10.8 Å². The maximum atomic E-state index is 11.1. The van der Waals surface area contributed by atoms with E-state index in [2.05, 4.69) is 20.3 Å². The van der Waals surface area contributed by atoms with Gasteiger partial charge in [-0.1, -0.05) is 6.07 Å². The maximum absolute atomic E-state index is 11.1. The molecule has 124 valence electrons. The Balaban J connectivity index is 1.67. The van der Waals surface area contributed by atoms with Crippen LogP contribution >= 0.6 is 11.3 Å². The van der Waals surface area contributed by atoms with Gasteiger partial charge >= 0.3 is 5.97 Å². The van der Waals surface area contributed by atoms with Crippen molar-refractivity contribution in [3.05, 3.63) is 59.4 Å². The topological polar surface area (TPSA) is 92.4 Å². The smallest absolute Gasteiger partial charge is 0.335 e. The number of thiazole rings is 1. The molecule has 0 spiro atoms. The summed E-state index contributed by atoms with van der Waals surface area (Å²) < 4.78 is 1.90. The van der Waals surface area contributed by atoms with Gasteiger partial charge in [0.2, 0.25) is 5.78 Å². The summed E-state index contributed by atoms with van der Waals surface area (Å²) >= 11 is 1.44. The molecule has 0 atom stereocenters. The number of nitrogens with one attached hydrogen (secondary N) is 1. The van der Waals surface area contributed by atoms with Crippen LogP contribution in [0.5, 0.6) is 0 Å². The molecule has 8 heteroatoms. The summed E-state index contributed by atoms with van der Waals surface area (Å²) in [5.41, 5.74) is 3.44. The molecule has 0 aliphatic rings. The lowest BCUT2D eigenvalue weighted by Crippen LogP contribution is -1.97. The monoisotopic (exact) mass is 351 g/mol. The summed E-state index contributed by atoms with van der Waals surface area (Å²) in [4.78, 5) is 24.4. The number of hydrogen-bond acceptors (Lipinski definition) is 6. The molecule has 2 N–H and O–H groups in total. The number of rotatable bonds is 4. The van der Waals surface area contributed by atoms with Crippen LogP contribution in [0.2, 0.25) is 0 Å². The van der Waals surface area contributed by atoms with Crippen molar-refractivity contribution in [2.45, 2.75) is 6.92 Å². The summed E-state index contributed by atoms with van der Waals surface area (Å²) in [5.74, 6) is -0.330. The first-order valence-corrected chi connectivity index (χ1v) is 8.36. The maximum Gasteiger partial charge on any atom is 0.335 e. The van der Waals surface area contributed by atoms with Crippen molar-refractivity contribution in [2.24, 2.45) is 0 Å². The number of carboxylic acids is 1. The third-order valence-corrected chi connectivity index (χ3v) is 4.44. The van der Waals surface area contributed by atoms with E-state index in [1.54, 1.807) is 30.5 Å². The highest BCUT2D eigenvalue weighted by Crippen LogP contribution is 2.29. The fourth-order valence-corrected chi connectivity index (χ4v) is 3.32. The number of hydrogen-bond donors (Lipinski definition) is 2. The van der Waals surface area contributed by atoms with Crippen LogP contribution in [0.1, 0.15) is 16.1 Å². The molecule has 0 radical (unpaired) electrons. The molecule has 4 aromatic rings. The van der Waals surface area contributed by atoms with Gasteiger partial charge in [0, 0.05) is 23.5 Å². The molecule has 7 nitrogen and oxygen atoms in total. The Morgan fingerprint density at radius 2 is 2.16 bits per heavy atom. The first kappa shape index (κ1) is 15.3. The fourth-order valence-electron chi connectivity index (χ4n) is 2.60. The van der Waals surface area contributed by atoms with E-state index in [1.807, 2.05) is 29.0 Å². The third kappa shape index (κ3) is 2.83. The summed E-state index contributed by atoms with van der Waals surface area (Å²) in [6.45, 7) is 1.92. The summed E-state index contributed by atoms with van der Waals surface area (Å²) in [5, 5.41) is 14.8. The minimum absolute atomic E-state index is 0.227. The highest BCUT2D eigenvalue weighted by atomic mass is 32.1. The second-order valence-electron chi connectivity index (χ2n) is 5.38. The number of fused-ring (bicyclic) bond motifs is 1. The van der Waals surface area contributed by atoms with Gasteiger partial charge in [0.1, 0.15) is 5.69 Å². The highest BCUT2D eigenvalue weighted by molar-refractivity contribution is 7.14. The minimum Gasteiger partial charge on any atom is -0.478 e. The molecule has 1 aromatic carbocycles. The van der Waals surface area contributed by atoms with Gasteiger partial charge < -0.3 is 10.4 Å². The van der Waals surface area contributed by atoms with Crippen molar-refractivity contribution in [1.29, 1.82) is 0 Å². The zero-order chi connectivity index (χ0) is 17.4. The van der Waals surface area contributed by atoms with E-state index in [0.717, 1.165) is 17.1 Å². The van der Waals surface area contributed by atoms with Crippen molar-refractivity contribution in [2.75, 3.05) is 5.32 Å². The van der Waals surface area contributed by atoms with E-state index in [9.17, 15) is 4.79 Å². The van der Waals surface area contributed by atoms with E-state index in [4.69, 9.17) is 5.11 Å². The Morgan fingerprint density at radius 1 is 1.28 bits per heavy atom. The normalized spacial score (nSPS) is 10.9. The van der Waals surface area contributed by atoms with Gasteiger partial charge in [0.25, 0.3) is 0 Å². The Morgan fingerprint density at radius 3 is 3.00 bits per heavy atom. The number of nitrogens with zero attached hydrogens (tertiary/aromatic N) is 4. The zero-order valence-corrected chi connectivity index (χ0v) is 14.0. The van der Waals surface area contributed by atoms with Gasteiger partial charge in [-0.15, -0.1) is 11.3 Å². The molecule has 0 bridgehead atoms. The molecule has 0 amide bonds. The van der Waals surface area contributed by atoms with Crippen LogP contribution in [0.15, 0.2) is 48.1 Å². The van der Waals surface area contributed by atoms with Crippen molar-refractivity contribution in [3.63, 3.8) is 0 Å². The van der Waals surface area contributed by atoms with Crippen LogP contribution < -0.4 is 5.32 Å². The quantitative estimate of drug-likeness (QED) is 0.583. The lowest BCUT2D eigenvalue weighted by molar-refractivity contribution is 0.0697. The zero-order valence-electron chi connectivity index (χ0n) is 13.2. The molecule has 3 heterocycles. The molecule has 0 aliphatic carbocycles. The molecule has 4 rings (SSSR count). The number of aryl methyl sites for hydroxylation is 1. The second kappa shape index (κ2) is 5.99.